The number of nitro groups is 1. The number of carbonyl (C=O) groups excluding carboxylic acids is 1. The summed E-state index contributed by atoms with van der Waals surface area (Å²) in [7, 11) is -2.77. The summed E-state index contributed by atoms with van der Waals surface area (Å²) in [5.41, 5.74) is 0.174. The third kappa shape index (κ3) is 3.25. The van der Waals surface area contributed by atoms with Crippen LogP contribution in [0.5, 0.6) is 0 Å². The summed E-state index contributed by atoms with van der Waals surface area (Å²) in [6, 6.07) is 4.73. The Labute approximate surface area is 97.1 Å². The number of esters is 1. The van der Waals surface area contributed by atoms with Crippen molar-refractivity contribution in [2.45, 2.75) is 4.90 Å². The summed E-state index contributed by atoms with van der Waals surface area (Å²) in [5, 5.41) is 10.2. The first kappa shape index (κ1) is 13.1. The highest BCUT2D eigenvalue weighted by atomic mass is 32.2. The van der Waals surface area contributed by atoms with Gasteiger partial charge in [-0.25, -0.2) is 13.2 Å². The van der Waals surface area contributed by atoms with E-state index in [9.17, 15) is 23.3 Å². The Hall–Kier alpha value is -1.96. The fourth-order valence-corrected chi connectivity index (χ4v) is 2.11. The van der Waals surface area contributed by atoms with E-state index in [2.05, 4.69) is 4.74 Å². The van der Waals surface area contributed by atoms with Gasteiger partial charge in [-0.3, -0.25) is 10.1 Å². The van der Waals surface area contributed by atoms with Crippen LogP contribution in [0.3, 0.4) is 0 Å². The van der Waals surface area contributed by atoms with Crippen molar-refractivity contribution in [3.05, 3.63) is 39.9 Å². The van der Waals surface area contributed by atoms with Gasteiger partial charge in [0.2, 0.25) is 9.84 Å². The van der Waals surface area contributed by atoms with E-state index in [-0.39, 0.29) is 10.5 Å². The van der Waals surface area contributed by atoms with Gasteiger partial charge in [-0.2, -0.15) is 0 Å². The maximum atomic E-state index is 11.4. The predicted octanol–water partition coefficient (Wildman–Crippen LogP) is 0.481. The molecule has 17 heavy (non-hydrogen) atoms. The van der Waals surface area contributed by atoms with Crippen LogP contribution in [0.25, 0.3) is 0 Å². The Balaban J connectivity index is 3.03. The molecule has 0 aliphatic heterocycles. The number of rotatable bonds is 4. The average molecular weight is 259 g/mol. The van der Waals surface area contributed by atoms with Crippen LogP contribution in [-0.2, 0) is 14.6 Å². The minimum atomic E-state index is -3.96. The number of benzene rings is 1. The lowest BCUT2D eigenvalue weighted by molar-refractivity contribution is -0.458. The van der Waals surface area contributed by atoms with Crippen LogP contribution in [0, 0.1) is 10.1 Å². The van der Waals surface area contributed by atoms with Gasteiger partial charge in [0.25, 0.3) is 0 Å². The number of methoxy groups -OCH3 is 1. The normalized spacial score (nSPS) is 10.9. The van der Waals surface area contributed by atoms with Crippen LogP contribution >= 0.6 is 0 Å². The van der Waals surface area contributed by atoms with Crippen molar-refractivity contribution in [1.29, 1.82) is 0 Å². The van der Waals surface area contributed by atoms with E-state index in [4.69, 9.17) is 0 Å². The van der Waals surface area contributed by atoms with Crippen molar-refractivity contribution in [3.8, 4) is 0 Å². The summed E-state index contributed by atoms with van der Waals surface area (Å²) in [5.74, 6) is -1.78. The van der Waals surface area contributed by atoms with Gasteiger partial charge in [0.1, 0.15) is 0 Å². The highest BCUT2D eigenvalue weighted by Gasteiger charge is 2.21. The summed E-state index contributed by atoms with van der Waals surface area (Å²) in [6.45, 7) is 0. The van der Waals surface area contributed by atoms with Crippen molar-refractivity contribution >= 4 is 15.8 Å². The summed E-state index contributed by atoms with van der Waals surface area (Å²) in [6.07, 6.45) is 0. The fourth-order valence-electron chi connectivity index (χ4n) is 1.13. The first-order valence-electron chi connectivity index (χ1n) is 4.40. The summed E-state index contributed by atoms with van der Waals surface area (Å²) < 4.78 is 27.3. The summed E-state index contributed by atoms with van der Waals surface area (Å²) >= 11 is 0. The van der Waals surface area contributed by atoms with Gasteiger partial charge in [0.15, 0.2) is 0 Å². The van der Waals surface area contributed by atoms with Gasteiger partial charge in [-0.05, 0) is 24.3 Å². The molecule has 0 N–H and O–H groups in total. The van der Waals surface area contributed by atoms with Crippen molar-refractivity contribution in [2.75, 3.05) is 13.0 Å². The van der Waals surface area contributed by atoms with Crippen LogP contribution in [0.1, 0.15) is 10.4 Å². The van der Waals surface area contributed by atoms with Crippen LogP contribution in [0.15, 0.2) is 29.2 Å². The molecular weight excluding hydrogens is 250 g/mol. The maximum absolute atomic E-state index is 11.4. The molecule has 92 valence electrons. The zero-order chi connectivity index (χ0) is 13.1. The topological polar surface area (TPSA) is 104 Å². The molecule has 0 amide bonds. The molecule has 0 aromatic heterocycles. The molecule has 0 aliphatic carbocycles. The average Bonchev–Trinajstić information content (AvgIpc) is 2.26. The molecule has 0 radical (unpaired) electrons. The van der Waals surface area contributed by atoms with Crippen molar-refractivity contribution in [2.24, 2.45) is 0 Å². The van der Waals surface area contributed by atoms with Gasteiger partial charge < -0.3 is 4.74 Å². The molecule has 0 spiro atoms. The first-order valence-corrected chi connectivity index (χ1v) is 6.05. The zero-order valence-electron chi connectivity index (χ0n) is 8.82. The molecule has 0 saturated heterocycles. The van der Waals surface area contributed by atoms with Crippen LogP contribution < -0.4 is 0 Å². The molecule has 0 aliphatic rings. The van der Waals surface area contributed by atoms with Crippen molar-refractivity contribution < 1.29 is 22.9 Å². The zero-order valence-corrected chi connectivity index (χ0v) is 9.64. The molecule has 0 unspecified atom stereocenters. The second-order valence-electron chi connectivity index (χ2n) is 3.09. The van der Waals surface area contributed by atoms with E-state index in [0.29, 0.717) is 0 Å². The maximum Gasteiger partial charge on any atom is 0.337 e. The number of hydrogen-bond donors (Lipinski definition) is 0. The van der Waals surface area contributed by atoms with Gasteiger partial charge in [0, 0.05) is 4.92 Å². The number of carbonyl (C=O) groups is 1. The quantitative estimate of drug-likeness (QED) is 0.442. The second-order valence-corrected chi connectivity index (χ2v) is 5.05. The molecular formula is C9H9NO6S. The largest absolute Gasteiger partial charge is 0.465 e. The molecule has 0 bridgehead atoms. The van der Waals surface area contributed by atoms with Crippen LogP contribution in [0.2, 0.25) is 0 Å². The second kappa shape index (κ2) is 4.91. The van der Waals surface area contributed by atoms with Gasteiger partial charge >= 0.3 is 11.8 Å². The van der Waals surface area contributed by atoms with E-state index in [0.717, 1.165) is 12.1 Å². The minimum Gasteiger partial charge on any atom is -0.465 e. The predicted molar refractivity (Wildman–Crippen MR) is 56.8 cm³/mol. The Morgan fingerprint density at radius 1 is 1.35 bits per heavy atom. The highest BCUT2D eigenvalue weighted by Crippen LogP contribution is 2.13. The van der Waals surface area contributed by atoms with Gasteiger partial charge in [-0.15, -0.1) is 0 Å². The molecule has 8 heteroatoms. The fraction of sp³-hybridized carbons (Fsp3) is 0.222. The Morgan fingerprint density at radius 2 is 1.88 bits per heavy atom. The monoisotopic (exact) mass is 259 g/mol. The number of hydrogen-bond acceptors (Lipinski definition) is 6. The minimum absolute atomic E-state index is 0.174. The van der Waals surface area contributed by atoms with E-state index < -0.39 is 26.6 Å². The molecule has 0 saturated carbocycles. The van der Waals surface area contributed by atoms with Crippen LogP contribution in [0.4, 0.5) is 0 Å². The first-order chi connectivity index (χ1) is 7.86. The molecule has 1 aromatic rings. The highest BCUT2D eigenvalue weighted by molar-refractivity contribution is 7.91. The molecule has 1 rings (SSSR count). The SMILES string of the molecule is COC(=O)c1ccc(S(=O)(=O)C[N+](=O)[O-])cc1. The third-order valence-electron chi connectivity index (χ3n) is 1.91. The Bertz CT molecular complexity index is 533. The Morgan fingerprint density at radius 3 is 2.29 bits per heavy atom. The number of ether oxygens (including phenoxy) is 1. The molecule has 0 atom stereocenters. The Kier molecular flexibility index (Phi) is 3.79. The van der Waals surface area contributed by atoms with Crippen LogP contribution in [-0.4, -0.2) is 32.3 Å². The number of sulfone groups is 1. The van der Waals surface area contributed by atoms with Crippen molar-refractivity contribution in [1.82, 2.24) is 0 Å². The lowest BCUT2D eigenvalue weighted by Crippen LogP contribution is -2.14. The molecule has 0 fully saturated rings. The van der Waals surface area contributed by atoms with E-state index in [1.165, 1.54) is 19.2 Å². The molecule has 1 aromatic carbocycles. The lowest BCUT2D eigenvalue weighted by atomic mass is 10.2. The van der Waals surface area contributed by atoms with Gasteiger partial charge in [-0.1, -0.05) is 0 Å². The lowest BCUT2D eigenvalue weighted by Gasteiger charge is -2.01. The van der Waals surface area contributed by atoms with E-state index >= 15 is 0 Å². The number of nitrogens with zero attached hydrogens (tertiary/aromatic N) is 1. The van der Waals surface area contributed by atoms with E-state index in [1.807, 2.05) is 0 Å². The van der Waals surface area contributed by atoms with Crippen molar-refractivity contribution in [3.63, 3.8) is 0 Å². The van der Waals surface area contributed by atoms with E-state index in [1.54, 1.807) is 0 Å². The third-order valence-corrected chi connectivity index (χ3v) is 3.45. The van der Waals surface area contributed by atoms with Gasteiger partial charge in [0.05, 0.1) is 17.6 Å². The molecule has 0 heterocycles. The summed E-state index contributed by atoms with van der Waals surface area (Å²) in [4.78, 5) is 20.1. The smallest absolute Gasteiger partial charge is 0.337 e. The molecule has 7 nitrogen and oxygen atoms in total. The standard InChI is InChI=1S/C9H9NO6S/c1-16-9(11)7-2-4-8(5-3-7)17(14,15)6-10(12)13/h2-5H,6H2,1H3.